The van der Waals surface area contributed by atoms with Crippen LogP contribution in [-0.2, 0) is 0 Å². The predicted octanol–water partition coefficient (Wildman–Crippen LogP) is 3.37. The third-order valence-electron chi connectivity index (χ3n) is 3.29. The molecule has 0 radical (unpaired) electrons. The van der Waals surface area contributed by atoms with Crippen molar-refractivity contribution in [3.63, 3.8) is 0 Å². The van der Waals surface area contributed by atoms with Gasteiger partial charge in [-0.1, -0.05) is 18.2 Å². The number of pyridine rings is 1. The molecule has 0 bridgehead atoms. The fraction of sp³-hybridized carbons (Fsp3) is 0.0588. The fourth-order valence-electron chi connectivity index (χ4n) is 2.25. The number of para-hydroxylation sites is 1. The van der Waals surface area contributed by atoms with Crippen LogP contribution in [0.2, 0.25) is 0 Å². The summed E-state index contributed by atoms with van der Waals surface area (Å²) in [5.74, 6) is 0. The van der Waals surface area contributed by atoms with Gasteiger partial charge in [0.05, 0.1) is 11.3 Å². The summed E-state index contributed by atoms with van der Waals surface area (Å²) in [4.78, 5) is 6.10. The van der Waals surface area contributed by atoms with Gasteiger partial charge in [0, 0.05) is 25.1 Å². The summed E-state index contributed by atoms with van der Waals surface area (Å²) in [7, 11) is 0. The molecule has 3 nitrogen and oxygen atoms in total. The summed E-state index contributed by atoms with van der Waals surface area (Å²) in [5.41, 5.74) is 3.97. The number of allylic oxidation sites excluding steroid dienone is 2. The van der Waals surface area contributed by atoms with Gasteiger partial charge in [0.25, 0.3) is 0 Å². The molecule has 0 fully saturated rings. The molecule has 1 aromatic carbocycles. The smallest absolute Gasteiger partial charge is 0.101 e. The third kappa shape index (κ3) is 2.32. The second-order valence-electron chi connectivity index (χ2n) is 4.49. The molecule has 0 aliphatic carbocycles. The summed E-state index contributed by atoms with van der Waals surface area (Å²) in [6.45, 7) is 0.757. The van der Waals surface area contributed by atoms with E-state index in [2.05, 4.69) is 28.1 Å². The number of hydrogen-bond donors (Lipinski definition) is 0. The van der Waals surface area contributed by atoms with E-state index in [9.17, 15) is 0 Å². The Hall–Kier alpha value is -2.86. The average Bonchev–Trinajstić information content (AvgIpc) is 2.56. The molecule has 96 valence electrons. The maximum atomic E-state index is 9.16. The summed E-state index contributed by atoms with van der Waals surface area (Å²) in [6, 6.07) is 13.9. The zero-order valence-electron chi connectivity index (χ0n) is 10.9. The van der Waals surface area contributed by atoms with Crippen LogP contribution in [0.4, 0.5) is 5.69 Å². The lowest BCUT2D eigenvalue weighted by atomic mass is 10.0. The molecular weight excluding hydrogens is 246 g/mol. The molecule has 1 aliphatic rings. The predicted molar refractivity (Wildman–Crippen MR) is 79.9 cm³/mol. The molecule has 0 atom stereocenters. The molecule has 1 aromatic heterocycles. The van der Waals surface area contributed by atoms with Crippen molar-refractivity contribution < 1.29 is 0 Å². The minimum atomic E-state index is 0.693. The van der Waals surface area contributed by atoms with Crippen molar-refractivity contribution in [2.75, 3.05) is 11.4 Å². The van der Waals surface area contributed by atoms with Crippen LogP contribution >= 0.6 is 0 Å². The number of hydrogen-bond acceptors (Lipinski definition) is 3. The highest BCUT2D eigenvalue weighted by Gasteiger charge is 2.11. The highest BCUT2D eigenvalue weighted by atomic mass is 15.1. The van der Waals surface area contributed by atoms with E-state index in [4.69, 9.17) is 5.26 Å². The van der Waals surface area contributed by atoms with Gasteiger partial charge in [0.15, 0.2) is 0 Å². The Morgan fingerprint density at radius 3 is 2.60 bits per heavy atom. The van der Waals surface area contributed by atoms with E-state index < -0.39 is 0 Å². The highest BCUT2D eigenvalue weighted by Crippen LogP contribution is 2.25. The van der Waals surface area contributed by atoms with Crippen LogP contribution in [0, 0.1) is 11.3 Å². The van der Waals surface area contributed by atoms with Crippen molar-refractivity contribution in [1.82, 2.24) is 4.98 Å². The monoisotopic (exact) mass is 259 g/mol. The summed E-state index contributed by atoms with van der Waals surface area (Å²) in [6.07, 6.45) is 9.82. The maximum absolute atomic E-state index is 9.16. The first-order valence-corrected chi connectivity index (χ1v) is 6.43. The van der Waals surface area contributed by atoms with E-state index in [0.717, 1.165) is 17.8 Å². The zero-order valence-corrected chi connectivity index (χ0v) is 10.9. The lowest BCUT2D eigenvalue weighted by molar-refractivity contribution is 1.07. The molecule has 3 rings (SSSR count). The van der Waals surface area contributed by atoms with Gasteiger partial charge in [-0.25, -0.2) is 0 Å². The normalized spacial score (nSPS) is 13.8. The van der Waals surface area contributed by atoms with E-state index in [1.54, 1.807) is 12.4 Å². The van der Waals surface area contributed by atoms with Gasteiger partial charge in [0.1, 0.15) is 6.07 Å². The molecule has 0 saturated heterocycles. The van der Waals surface area contributed by atoms with E-state index in [0.29, 0.717) is 5.56 Å². The SMILES string of the molecule is N#Cc1ccccc1N1C=CC(c2ccncc2)=CC1. The number of nitrogens with zero attached hydrogens (tertiary/aromatic N) is 3. The molecule has 20 heavy (non-hydrogen) atoms. The largest absolute Gasteiger partial charge is 0.343 e. The number of nitriles is 1. The van der Waals surface area contributed by atoms with Crippen LogP contribution in [0.1, 0.15) is 11.1 Å². The topological polar surface area (TPSA) is 39.9 Å². The first kappa shape index (κ1) is 12.2. The van der Waals surface area contributed by atoms with Crippen LogP contribution in [0.5, 0.6) is 0 Å². The number of benzene rings is 1. The summed E-state index contributed by atoms with van der Waals surface area (Å²) < 4.78 is 0. The maximum Gasteiger partial charge on any atom is 0.101 e. The molecule has 0 N–H and O–H groups in total. The fourth-order valence-corrected chi connectivity index (χ4v) is 2.25. The molecule has 3 heteroatoms. The Bertz CT molecular complexity index is 709. The Labute approximate surface area is 118 Å². The van der Waals surface area contributed by atoms with Crippen molar-refractivity contribution in [3.8, 4) is 6.07 Å². The first-order valence-electron chi connectivity index (χ1n) is 6.43. The molecule has 0 saturated carbocycles. The van der Waals surface area contributed by atoms with Crippen LogP contribution in [0.25, 0.3) is 5.57 Å². The van der Waals surface area contributed by atoms with Crippen molar-refractivity contribution in [2.24, 2.45) is 0 Å². The third-order valence-corrected chi connectivity index (χ3v) is 3.29. The molecule has 0 spiro atoms. The van der Waals surface area contributed by atoms with Crippen molar-refractivity contribution in [1.29, 1.82) is 5.26 Å². The highest BCUT2D eigenvalue weighted by molar-refractivity contribution is 5.77. The van der Waals surface area contributed by atoms with E-state index in [-0.39, 0.29) is 0 Å². The Kier molecular flexibility index (Phi) is 3.30. The van der Waals surface area contributed by atoms with E-state index in [1.165, 1.54) is 5.57 Å². The second kappa shape index (κ2) is 5.41. The summed E-state index contributed by atoms with van der Waals surface area (Å²) >= 11 is 0. The zero-order chi connectivity index (χ0) is 13.8. The molecule has 2 aromatic rings. The van der Waals surface area contributed by atoms with Crippen LogP contribution < -0.4 is 4.90 Å². The van der Waals surface area contributed by atoms with Gasteiger partial charge in [0.2, 0.25) is 0 Å². The quantitative estimate of drug-likeness (QED) is 0.830. The van der Waals surface area contributed by atoms with Crippen LogP contribution in [-0.4, -0.2) is 11.5 Å². The standard InChI is InChI=1S/C17H13N3/c18-13-16-3-1-2-4-17(16)20-11-7-15(8-12-20)14-5-9-19-10-6-14/h1-11H,12H2. The Morgan fingerprint density at radius 1 is 1.10 bits per heavy atom. The number of anilines is 1. The van der Waals surface area contributed by atoms with Crippen LogP contribution in [0.3, 0.4) is 0 Å². The number of rotatable bonds is 2. The van der Waals surface area contributed by atoms with Crippen LogP contribution in [0.15, 0.2) is 67.1 Å². The summed E-state index contributed by atoms with van der Waals surface area (Å²) in [5, 5.41) is 9.16. The minimum absolute atomic E-state index is 0.693. The van der Waals surface area contributed by atoms with Gasteiger partial charge in [-0.3, -0.25) is 4.98 Å². The Balaban J connectivity index is 1.85. The van der Waals surface area contributed by atoms with Crippen molar-refractivity contribution in [3.05, 3.63) is 78.3 Å². The van der Waals surface area contributed by atoms with Crippen molar-refractivity contribution in [2.45, 2.75) is 0 Å². The average molecular weight is 259 g/mol. The van der Waals surface area contributed by atoms with Gasteiger partial charge < -0.3 is 4.90 Å². The Morgan fingerprint density at radius 2 is 1.90 bits per heavy atom. The van der Waals surface area contributed by atoms with Crippen molar-refractivity contribution >= 4 is 11.3 Å². The van der Waals surface area contributed by atoms with Gasteiger partial charge in [-0.15, -0.1) is 0 Å². The number of aromatic nitrogens is 1. The van der Waals surface area contributed by atoms with E-state index >= 15 is 0 Å². The van der Waals surface area contributed by atoms with Gasteiger partial charge >= 0.3 is 0 Å². The molecule has 0 amide bonds. The molecule has 1 aliphatic heterocycles. The van der Waals surface area contributed by atoms with Gasteiger partial charge in [-0.05, 0) is 41.5 Å². The van der Waals surface area contributed by atoms with E-state index in [1.807, 2.05) is 42.6 Å². The first-order chi connectivity index (χ1) is 9.88. The molecular formula is C17H13N3. The lowest BCUT2D eigenvalue weighted by Crippen LogP contribution is -2.19. The van der Waals surface area contributed by atoms with Gasteiger partial charge in [-0.2, -0.15) is 5.26 Å². The lowest BCUT2D eigenvalue weighted by Gasteiger charge is -2.23. The molecule has 2 heterocycles. The second-order valence-corrected chi connectivity index (χ2v) is 4.49. The molecule has 0 unspecified atom stereocenters. The minimum Gasteiger partial charge on any atom is -0.343 e.